The SMILES string of the molecule is Cl.Cl.NC(C(=O)NCc1ccc(CN2CCCC2)cc1)C1CCOCC1. The summed E-state index contributed by atoms with van der Waals surface area (Å²) in [5, 5.41) is 2.97. The zero-order valence-corrected chi connectivity index (χ0v) is 16.8. The van der Waals surface area contributed by atoms with Gasteiger partial charge in [0.25, 0.3) is 0 Å². The number of benzene rings is 1. The normalized spacial score (nSPS) is 19.3. The van der Waals surface area contributed by atoms with Gasteiger partial charge in [-0.25, -0.2) is 0 Å². The van der Waals surface area contributed by atoms with Gasteiger partial charge >= 0.3 is 0 Å². The van der Waals surface area contributed by atoms with Gasteiger partial charge in [-0.05, 0) is 55.8 Å². The van der Waals surface area contributed by atoms with Gasteiger partial charge in [-0.2, -0.15) is 0 Å². The monoisotopic (exact) mass is 403 g/mol. The largest absolute Gasteiger partial charge is 0.381 e. The molecule has 0 saturated carbocycles. The van der Waals surface area contributed by atoms with Gasteiger partial charge in [0.1, 0.15) is 0 Å². The average molecular weight is 404 g/mol. The Balaban J connectivity index is 0.00000169. The summed E-state index contributed by atoms with van der Waals surface area (Å²) >= 11 is 0. The maximum atomic E-state index is 12.2. The first-order valence-electron chi connectivity index (χ1n) is 9.13. The molecule has 148 valence electrons. The molecule has 0 radical (unpaired) electrons. The van der Waals surface area contributed by atoms with Crippen LogP contribution in [-0.4, -0.2) is 43.2 Å². The molecule has 0 aliphatic carbocycles. The molecular formula is C19H31Cl2N3O2. The summed E-state index contributed by atoms with van der Waals surface area (Å²) in [6, 6.07) is 8.11. The third-order valence-corrected chi connectivity index (χ3v) is 5.17. The number of nitrogens with one attached hydrogen (secondary N) is 1. The molecular weight excluding hydrogens is 373 g/mol. The smallest absolute Gasteiger partial charge is 0.237 e. The summed E-state index contributed by atoms with van der Waals surface area (Å²) in [5.41, 5.74) is 8.56. The highest BCUT2D eigenvalue weighted by atomic mass is 35.5. The highest BCUT2D eigenvalue weighted by Gasteiger charge is 2.26. The Morgan fingerprint density at radius 3 is 2.31 bits per heavy atom. The molecule has 3 rings (SSSR count). The van der Waals surface area contributed by atoms with Crippen molar-refractivity contribution < 1.29 is 9.53 Å². The van der Waals surface area contributed by atoms with Crippen molar-refractivity contribution in [3.05, 3.63) is 35.4 Å². The van der Waals surface area contributed by atoms with E-state index in [0.717, 1.165) is 24.9 Å². The topological polar surface area (TPSA) is 67.6 Å². The van der Waals surface area contributed by atoms with E-state index in [1.54, 1.807) is 0 Å². The number of ether oxygens (including phenoxy) is 1. The van der Waals surface area contributed by atoms with Gasteiger partial charge in [0.15, 0.2) is 0 Å². The Morgan fingerprint density at radius 2 is 1.69 bits per heavy atom. The zero-order valence-electron chi connectivity index (χ0n) is 15.2. The predicted octanol–water partition coefficient (Wildman–Crippen LogP) is 2.50. The number of rotatable bonds is 6. The second kappa shape index (κ2) is 11.8. The van der Waals surface area contributed by atoms with Crippen LogP contribution in [0.4, 0.5) is 0 Å². The minimum absolute atomic E-state index is 0. The van der Waals surface area contributed by atoms with Crippen LogP contribution in [0.2, 0.25) is 0 Å². The van der Waals surface area contributed by atoms with E-state index in [4.69, 9.17) is 10.5 Å². The minimum atomic E-state index is -0.427. The van der Waals surface area contributed by atoms with Gasteiger partial charge in [0, 0.05) is 26.3 Å². The number of hydrogen-bond acceptors (Lipinski definition) is 4. The van der Waals surface area contributed by atoms with Crippen molar-refractivity contribution in [3.8, 4) is 0 Å². The number of carbonyl (C=O) groups is 1. The summed E-state index contributed by atoms with van der Waals surface area (Å²) in [4.78, 5) is 14.7. The van der Waals surface area contributed by atoms with E-state index in [1.807, 2.05) is 0 Å². The van der Waals surface area contributed by atoms with Crippen molar-refractivity contribution in [2.24, 2.45) is 11.7 Å². The lowest BCUT2D eigenvalue weighted by Crippen LogP contribution is -2.46. The number of amides is 1. The Labute approximate surface area is 168 Å². The Bertz CT molecular complexity index is 530. The van der Waals surface area contributed by atoms with E-state index < -0.39 is 6.04 Å². The molecule has 0 bridgehead atoms. The molecule has 0 aromatic heterocycles. The molecule has 3 N–H and O–H groups in total. The van der Waals surface area contributed by atoms with E-state index in [-0.39, 0.29) is 36.6 Å². The zero-order chi connectivity index (χ0) is 16.8. The number of hydrogen-bond donors (Lipinski definition) is 2. The summed E-state index contributed by atoms with van der Waals surface area (Å²) in [5.74, 6) is 0.185. The van der Waals surface area contributed by atoms with Crippen LogP contribution in [0.15, 0.2) is 24.3 Å². The van der Waals surface area contributed by atoms with Gasteiger partial charge in [-0.3, -0.25) is 9.69 Å². The Morgan fingerprint density at radius 1 is 1.12 bits per heavy atom. The third-order valence-electron chi connectivity index (χ3n) is 5.17. The van der Waals surface area contributed by atoms with E-state index >= 15 is 0 Å². The first-order chi connectivity index (χ1) is 11.7. The summed E-state index contributed by atoms with van der Waals surface area (Å²) in [6.45, 7) is 5.42. The van der Waals surface area contributed by atoms with Gasteiger partial charge in [0.2, 0.25) is 5.91 Å². The molecule has 2 heterocycles. The van der Waals surface area contributed by atoms with E-state index in [2.05, 4.69) is 34.5 Å². The molecule has 2 fully saturated rings. The van der Waals surface area contributed by atoms with Crippen molar-refractivity contribution in [1.29, 1.82) is 0 Å². The first kappa shape index (κ1) is 23.2. The standard InChI is InChI=1S/C19H29N3O2.2ClH/c20-18(17-7-11-24-12-8-17)19(23)21-13-15-3-5-16(6-4-15)14-22-9-1-2-10-22;;/h3-6,17-18H,1-2,7-14,20H2,(H,21,23);2*1H. The van der Waals surface area contributed by atoms with Crippen molar-refractivity contribution in [2.45, 2.75) is 44.8 Å². The summed E-state index contributed by atoms with van der Waals surface area (Å²) < 4.78 is 5.33. The maximum Gasteiger partial charge on any atom is 0.237 e. The van der Waals surface area contributed by atoms with Gasteiger partial charge in [0.05, 0.1) is 6.04 Å². The molecule has 1 unspecified atom stereocenters. The lowest BCUT2D eigenvalue weighted by Gasteiger charge is -2.26. The lowest BCUT2D eigenvalue weighted by molar-refractivity contribution is -0.124. The number of nitrogens with zero attached hydrogens (tertiary/aromatic N) is 1. The first-order valence-corrected chi connectivity index (χ1v) is 9.13. The highest BCUT2D eigenvalue weighted by molar-refractivity contribution is 5.85. The van der Waals surface area contributed by atoms with Gasteiger partial charge < -0.3 is 15.8 Å². The van der Waals surface area contributed by atoms with Crippen LogP contribution < -0.4 is 11.1 Å². The van der Waals surface area contributed by atoms with Crippen LogP contribution in [-0.2, 0) is 22.6 Å². The summed E-state index contributed by atoms with van der Waals surface area (Å²) in [6.07, 6.45) is 4.38. The molecule has 1 amide bonds. The van der Waals surface area contributed by atoms with Crippen LogP contribution in [0.3, 0.4) is 0 Å². The van der Waals surface area contributed by atoms with Crippen molar-refractivity contribution >= 4 is 30.7 Å². The molecule has 1 aromatic rings. The predicted molar refractivity (Wildman–Crippen MR) is 109 cm³/mol. The fraction of sp³-hybridized carbons (Fsp3) is 0.632. The number of carbonyl (C=O) groups excluding carboxylic acids is 1. The van der Waals surface area contributed by atoms with E-state index in [1.165, 1.54) is 31.5 Å². The van der Waals surface area contributed by atoms with Crippen LogP contribution in [0.5, 0.6) is 0 Å². The van der Waals surface area contributed by atoms with E-state index in [9.17, 15) is 4.79 Å². The molecule has 0 spiro atoms. The minimum Gasteiger partial charge on any atom is -0.381 e. The Kier molecular flexibility index (Phi) is 10.5. The van der Waals surface area contributed by atoms with E-state index in [0.29, 0.717) is 19.8 Å². The summed E-state index contributed by atoms with van der Waals surface area (Å²) in [7, 11) is 0. The lowest BCUT2D eigenvalue weighted by atomic mass is 9.92. The molecule has 1 aromatic carbocycles. The number of halogens is 2. The molecule has 5 nitrogen and oxygen atoms in total. The second-order valence-corrected chi connectivity index (χ2v) is 6.99. The molecule has 2 aliphatic rings. The molecule has 26 heavy (non-hydrogen) atoms. The number of nitrogens with two attached hydrogens (primary N) is 1. The number of likely N-dealkylation sites (tertiary alicyclic amines) is 1. The van der Waals surface area contributed by atoms with Crippen LogP contribution >= 0.6 is 24.8 Å². The maximum absolute atomic E-state index is 12.2. The van der Waals surface area contributed by atoms with Crippen molar-refractivity contribution in [2.75, 3.05) is 26.3 Å². The van der Waals surface area contributed by atoms with Crippen LogP contribution in [0.25, 0.3) is 0 Å². The highest BCUT2D eigenvalue weighted by Crippen LogP contribution is 2.18. The van der Waals surface area contributed by atoms with Crippen molar-refractivity contribution in [1.82, 2.24) is 10.2 Å². The molecule has 2 saturated heterocycles. The Hall–Kier alpha value is -0.850. The van der Waals surface area contributed by atoms with Crippen LogP contribution in [0, 0.1) is 5.92 Å². The fourth-order valence-electron chi connectivity index (χ4n) is 3.56. The quantitative estimate of drug-likeness (QED) is 0.765. The average Bonchev–Trinajstić information content (AvgIpc) is 3.14. The van der Waals surface area contributed by atoms with Crippen LogP contribution in [0.1, 0.15) is 36.8 Å². The molecule has 1 atom stereocenters. The van der Waals surface area contributed by atoms with Crippen molar-refractivity contribution in [3.63, 3.8) is 0 Å². The third kappa shape index (κ3) is 6.71. The fourth-order valence-corrected chi connectivity index (χ4v) is 3.56. The second-order valence-electron chi connectivity index (χ2n) is 6.99. The van der Waals surface area contributed by atoms with Gasteiger partial charge in [-0.1, -0.05) is 24.3 Å². The van der Waals surface area contributed by atoms with Gasteiger partial charge in [-0.15, -0.1) is 24.8 Å². The molecule has 7 heteroatoms. The molecule has 2 aliphatic heterocycles.